The Labute approximate surface area is 179 Å². The van der Waals surface area contributed by atoms with Gasteiger partial charge in [0, 0.05) is 11.9 Å². The second-order valence-corrected chi connectivity index (χ2v) is 8.71. The molecule has 0 aliphatic carbocycles. The molecule has 2 heterocycles. The molecule has 2 aliphatic heterocycles. The summed E-state index contributed by atoms with van der Waals surface area (Å²) in [5.74, 6) is -1.41. The molecule has 0 atom stereocenters. The van der Waals surface area contributed by atoms with Crippen LogP contribution in [-0.4, -0.2) is 64.3 Å². The Morgan fingerprint density at radius 3 is 2.25 bits per heavy atom. The SMILES string of the molecule is CCN(CC)CC.CN1C(=C2SC(=S)N(CC(=O)O)C2=O)Sc2ccccc21. The van der Waals surface area contributed by atoms with E-state index >= 15 is 0 Å². The van der Waals surface area contributed by atoms with Gasteiger partial charge in [-0.2, -0.15) is 0 Å². The molecule has 0 spiro atoms. The van der Waals surface area contributed by atoms with Crippen molar-refractivity contribution in [3.05, 3.63) is 34.2 Å². The summed E-state index contributed by atoms with van der Waals surface area (Å²) in [6, 6.07) is 7.85. The third kappa shape index (κ3) is 5.08. The second-order valence-electron chi connectivity index (χ2n) is 6.04. The van der Waals surface area contributed by atoms with Gasteiger partial charge in [-0.25, -0.2) is 0 Å². The number of carboxylic acids is 1. The van der Waals surface area contributed by atoms with Gasteiger partial charge in [0.1, 0.15) is 15.8 Å². The summed E-state index contributed by atoms with van der Waals surface area (Å²) >= 11 is 7.77. The van der Waals surface area contributed by atoms with Crippen molar-refractivity contribution in [3.63, 3.8) is 0 Å². The van der Waals surface area contributed by atoms with Crippen LogP contribution in [0.25, 0.3) is 0 Å². The normalized spacial score (nSPS) is 18.5. The van der Waals surface area contributed by atoms with Crippen molar-refractivity contribution >= 4 is 57.6 Å². The van der Waals surface area contributed by atoms with Gasteiger partial charge >= 0.3 is 5.97 Å². The fraction of sp³-hybridized carbons (Fsp3) is 0.421. The highest BCUT2D eigenvalue weighted by molar-refractivity contribution is 8.27. The largest absolute Gasteiger partial charge is 0.480 e. The number of fused-ring (bicyclic) bond motifs is 1. The fourth-order valence-electron chi connectivity index (χ4n) is 2.77. The first-order chi connectivity index (χ1) is 13.3. The predicted molar refractivity (Wildman–Crippen MR) is 121 cm³/mol. The zero-order valence-electron chi connectivity index (χ0n) is 16.5. The molecule has 1 aromatic carbocycles. The van der Waals surface area contributed by atoms with E-state index in [1.54, 1.807) is 0 Å². The molecule has 9 heteroatoms. The molecule has 152 valence electrons. The van der Waals surface area contributed by atoms with E-state index in [2.05, 4.69) is 25.7 Å². The molecule has 0 bridgehead atoms. The average Bonchev–Trinajstić information content (AvgIpc) is 3.15. The Balaban J connectivity index is 0.000000345. The maximum absolute atomic E-state index is 12.4. The fourth-order valence-corrected chi connectivity index (χ4v) is 5.35. The van der Waals surface area contributed by atoms with Gasteiger partial charge in [0.25, 0.3) is 5.91 Å². The lowest BCUT2D eigenvalue weighted by Gasteiger charge is -2.15. The number of hydrogen-bond donors (Lipinski definition) is 1. The predicted octanol–water partition coefficient (Wildman–Crippen LogP) is 3.69. The minimum atomic E-state index is -1.08. The van der Waals surface area contributed by atoms with Crippen molar-refractivity contribution in [1.29, 1.82) is 0 Å². The number of thioether (sulfide) groups is 2. The molecule has 2 aliphatic rings. The van der Waals surface area contributed by atoms with E-state index < -0.39 is 12.5 Å². The standard InChI is InChI=1S/C13H10N2O3S3.C6H15N/c1-14-7-4-2-3-5-8(7)20-12(14)10-11(18)15(6-9(16)17)13(19)21-10;1-4-7(5-2)6-3/h2-5H,6H2,1H3,(H,16,17);4-6H2,1-3H3. The zero-order chi connectivity index (χ0) is 20.8. The van der Waals surface area contributed by atoms with Gasteiger partial charge in [-0.1, -0.05) is 68.6 Å². The van der Waals surface area contributed by atoms with Crippen molar-refractivity contribution in [1.82, 2.24) is 9.80 Å². The van der Waals surface area contributed by atoms with Crippen LogP contribution in [0.2, 0.25) is 0 Å². The van der Waals surface area contributed by atoms with Crippen LogP contribution in [0, 0.1) is 0 Å². The maximum atomic E-state index is 12.4. The molecule has 3 rings (SSSR count). The number of carboxylic acid groups (broad SMARTS) is 1. The minimum absolute atomic E-state index is 0.287. The lowest BCUT2D eigenvalue weighted by atomic mass is 10.3. The van der Waals surface area contributed by atoms with Crippen LogP contribution in [-0.2, 0) is 9.59 Å². The molecule has 0 unspecified atom stereocenters. The van der Waals surface area contributed by atoms with Gasteiger partial charge in [0.05, 0.1) is 10.7 Å². The Morgan fingerprint density at radius 1 is 1.14 bits per heavy atom. The first-order valence-electron chi connectivity index (χ1n) is 9.06. The summed E-state index contributed by atoms with van der Waals surface area (Å²) < 4.78 is 0.287. The van der Waals surface area contributed by atoms with Gasteiger partial charge in [0.2, 0.25) is 0 Å². The number of carbonyl (C=O) groups excluding carboxylic acids is 1. The van der Waals surface area contributed by atoms with E-state index in [1.165, 1.54) is 31.4 Å². The molecule has 6 nitrogen and oxygen atoms in total. The van der Waals surface area contributed by atoms with Crippen LogP contribution in [0.3, 0.4) is 0 Å². The molecule has 0 saturated carbocycles. The molecule has 1 saturated heterocycles. The first-order valence-corrected chi connectivity index (χ1v) is 11.1. The Bertz CT molecular complexity index is 788. The molecular weight excluding hydrogens is 414 g/mol. The lowest BCUT2D eigenvalue weighted by molar-refractivity contribution is -0.140. The Hall–Kier alpha value is -1.55. The minimum Gasteiger partial charge on any atom is -0.480 e. The number of para-hydroxylation sites is 1. The summed E-state index contributed by atoms with van der Waals surface area (Å²) in [7, 11) is 1.89. The summed E-state index contributed by atoms with van der Waals surface area (Å²) in [6.07, 6.45) is 0. The van der Waals surface area contributed by atoms with Crippen LogP contribution in [0.15, 0.2) is 39.1 Å². The molecular formula is C19H25N3O3S3. The number of thiocarbonyl (C=S) groups is 1. The van der Waals surface area contributed by atoms with Crippen molar-refractivity contribution in [2.75, 3.05) is 38.1 Å². The quantitative estimate of drug-likeness (QED) is 0.551. The van der Waals surface area contributed by atoms with E-state index in [9.17, 15) is 9.59 Å². The monoisotopic (exact) mass is 439 g/mol. The third-order valence-electron chi connectivity index (χ3n) is 4.42. The van der Waals surface area contributed by atoms with Crippen molar-refractivity contribution < 1.29 is 14.7 Å². The van der Waals surface area contributed by atoms with E-state index in [4.69, 9.17) is 17.3 Å². The summed E-state index contributed by atoms with van der Waals surface area (Å²) in [6.45, 7) is 9.72. The number of rotatable bonds is 5. The van der Waals surface area contributed by atoms with E-state index in [0.29, 0.717) is 4.91 Å². The van der Waals surface area contributed by atoms with Gasteiger partial charge in [-0.05, 0) is 31.8 Å². The van der Waals surface area contributed by atoms with Crippen molar-refractivity contribution in [2.45, 2.75) is 25.7 Å². The number of amides is 1. The van der Waals surface area contributed by atoms with E-state index in [1.807, 2.05) is 36.2 Å². The van der Waals surface area contributed by atoms with Gasteiger partial charge in [-0.15, -0.1) is 0 Å². The maximum Gasteiger partial charge on any atom is 0.323 e. The van der Waals surface area contributed by atoms with Crippen LogP contribution >= 0.6 is 35.7 Å². The highest BCUT2D eigenvalue weighted by atomic mass is 32.2. The first kappa shape index (κ1) is 22.7. The lowest BCUT2D eigenvalue weighted by Crippen LogP contribution is -2.33. The molecule has 1 amide bonds. The van der Waals surface area contributed by atoms with Crippen LogP contribution in [0.1, 0.15) is 20.8 Å². The molecule has 28 heavy (non-hydrogen) atoms. The van der Waals surface area contributed by atoms with Crippen molar-refractivity contribution in [2.24, 2.45) is 0 Å². The van der Waals surface area contributed by atoms with E-state index in [0.717, 1.165) is 32.3 Å². The highest BCUT2D eigenvalue weighted by Crippen LogP contribution is 2.49. The highest BCUT2D eigenvalue weighted by Gasteiger charge is 2.38. The molecule has 1 aromatic rings. The molecule has 1 N–H and O–H groups in total. The zero-order valence-corrected chi connectivity index (χ0v) is 18.9. The number of aliphatic carboxylic acids is 1. The summed E-state index contributed by atoms with van der Waals surface area (Å²) in [4.78, 5) is 30.2. The average molecular weight is 440 g/mol. The third-order valence-corrected chi connectivity index (χ3v) is 7.22. The topological polar surface area (TPSA) is 64.1 Å². The van der Waals surface area contributed by atoms with Gasteiger partial charge in [0.15, 0.2) is 0 Å². The smallest absolute Gasteiger partial charge is 0.323 e. The van der Waals surface area contributed by atoms with Gasteiger partial charge in [-0.3, -0.25) is 14.5 Å². The van der Waals surface area contributed by atoms with Gasteiger partial charge < -0.3 is 14.9 Å². The number of hydrogen-bond acceptors (Lipinski definition) is 7. The molecule has 1 fully saturated rings. The van der Waals surface area contributed by atoms with Crippen molar-refractivity contribution in [3.8, 4) is 0 Å². The molecule has 0 radical (unpaired) electrons. The van der Waals surface area contributed by atoms with Crippen LogP contribution < -0.4 is 4.90 Å². The number of carbonyl (C=O) groups is 2. The second kappa shape index (κ2) is 10.3. The van der Waals surface area contributed by atoms with E-state index in [-0.39, 0.29) is 10.2 Å². The summed E-state index contributed by atoms with van der Waals surface area (Å²) in [5.41, 5.74) is 1.03. The Morgan fingerprint density at radius 2 is 1.75 bits per heavy atom. The number of anilines is 1. The Kier molecular flexibility index (Phi) is 8.36. The van der Waals surface area contributed by atoms with Crippen LogP contribution in [0.4, 0.5) is 5.69 Å². The number of benzene rings is 1. The number of nitrogens with zero attached hydrogens (tertiary/aromatic N) is 3. The van der Waals surface area contributed by atoms with Crippen LogP contribution in [0.5, 0.6) is 0 Å². The summed E-state index contributed by atoms with van der Waals surface area (Å²) in [5, 5.41) is 9.65. The molecule has 0 aromatic heterocycles.